The number of nitrogens with two attached hydrogens (primary N) is 1. The minimum atomic E-state index is 0.486. The molecule has 0 unspecified atom stereocenters. The van der Waals surface area contributed by atoms with Crippen LogP contribution >= 0.6 is 0 Å². The van der Waals surface area contributed by atoms with Gasteiger partial charge in [0.1, 0.15) is 5.82 Å². The minimum Gasteiger partial charge on any atom is -0.490 e. The maximum absolute atomic E-state index is 5.65. The largest absolute Gasteiger partial charge is 0.490 e. The Labute approximate surface area is 111 Å². The van der Waals surface area contributed by atoms with Crippen LogP contribution in [0.3, 0.4) is 0 Å². The van der Waals surface area contributed by atoms with Crippen molar-refractivity contribution in [3.63, 3.8) is 0 Å². The molecule has 0 atom stereocenters. The van der Waals surface area contributed by atoms with Crippen molar-refractivity contribution in [2.24, 2.45) is 0 Å². The first-order chi connectivity index (χ1) is 9.31. The number of fused-ring (bicyclic) bond motifs is 1. The zero-order valence-electron chi connectivity index (χ0n) is 10.4. The second-order valence-electron chi connectivity index (χ2n) is 4.31. The summed E-state index contributed by atoms with van der Waals surface area (Å²) in [7, 11) is 0. The van der Waals surface area contributed by atoms with Crippen molar-refractivity contribution in [3.8, 4) is 11.5 Å². The molecule has 1 aromatic carbocycles. The van der Waals surface area contributed by atoms with E-state index < -0.39 is 0 Å². The van der Waals surface area contributed by atoms with Gasteiger partial charge in [0.25, 0.3) is 0 Å². The number of anilines is 3. The number of hydrogen-bond acceptors (Lipinski definition) is 5. The Bertz CT molecular complexity index is 587. The maximum atomic E-state index is 5.65. The number of pyridine rings is 1. The molecule has 0 saturated carbocycles. The summed E-state index contributed by atoms with van der Waals surface area (Å²) in [6, 6.07) is 9.43. The zero-order chi connectivity index (χ0) is 13.1. The van der Waals surface area contributed by atoms with Crippen LogP contribution in [0, 0.1) is 0 Å². The first kappa shape index (κ1) is 11.6. The molecule has 0 bridgehead atoms. The lowest BCUT2D eigenvalue weighted by Crippen LogP contribution is -1.97. The Morgan fingerprint density at radius 3 is 2.63 bits per heavy atom. The first-order valence-corrected chi connectivity index (χ1v) is 6.19. The zero-order valence-corrected chi connectivity index (χ0v) is 10.4. The van der Waals surface area contributed by atoms with E-state index in [1.54, 1.807) is 12.3 Å². The van der Waals surface area contributed by atoms with Gasteiger partial charge in [0.2, 0.25) is 0 Å². The molecule has 3 rings (SSSR count). The van der Waals surface area contributed by atoms with E-state index in [1.807, 2.05) is 24.3 Å². The van der Waals surface area contributed by atoms with Crippen molar-refractivity contribution in [3.05, 3.63) is 36.5 Å². The molecule has 1 aliphatic heterocycles. The smallest absolute Gasteiger partial charge is 0.163 e. The lowest BCUT2D eigenvalue weighted by molar-refractivity contribution is 0.297. The normalized spacial score (nSPS) is 13.7. The summed E-state index contributed by atoms with van der Waals surface area (Å²) in [5.41, 5.74) is 7.46. The second-order valence-corrected chi connectivity index (χ2v) is 4.31. The van der Waals surface area contributed by atoms with Gasteiger partial charge in [-0.3, -0.25) is 0 Å². The Morgan fingerprint density at radius 1 is 1.00 bits per heavy atom. The highest BCUT2D eigenvalue weighted by Gasteiger charge is 2.10. The molecule has 5 nitrogen and oxygen atoms in total. The van der Waals surface area contributed by atoms with Gasteiger partial charge in [-0.05, 0) is 18.2 Å². The highest BCUT2D eigenvalue weighted by molar-refractivity contribution is 5.65. The van der Waals surface area contributed by atoms with E-state index in [4.69, 9.17) is 15.2 Å². The average molecular weight is 257 g/mol. The van der Waals surface area contributed by atoms with Crippen molar-refractivity contribution >= 4 is 17.2 Å². The Balaban J connectivity index is 1.84. The molecule has 1 aromatic heterocycles. The molecule has 2 aromatic rings. The van der Waals surface area contributed by atoms with Crippen molar-refractivity contribution in [2.75, 3.05) is 24.3 Å². The van der Waals surface area contributed by atoms with Gasteiger partial charge in [0, 0.05) is 36.1 Å². The molecular formula is C14H15N3O2. The molecule has 2 heterocycles. The van der Waals surface area contributed by atoms with Gasteiger partial charge in [-0.1, -0.05) is 0 Å². The molecule has 5 heteroatoms. The molecule has 0 aliphatic carbocycles. The summed E-state index contributed by atoms with van der Waals surface area (Å²) in [5.74, 6) is 2.04. The summed E-state index contributed by atoms with van der Waals surface area (Å²) in [6.45, 7) is 1.37. The van der Waals surface area contributed by atoms with E-state index in [1.165, 1.54) is 0 Å². The van der Waals surface area contributed by atoms with Crippen LogP contribution in [0.4, 0.5) is 17.2 Å². The van der Waals surface area contributed by atoms with Crippen molar-refractivity contribution in [1.29, 1.82) is 0 Å². The van der Waals surface area contributed by atoms with Crippen LogP contribution in [0.25, 0.3) is 0 Å². The number of rotatable bonds is 2. The molecule has 0 saturated heterocycles. The van der Waals surface area contributed by atoms with Gasteiger partial charge in [-0.2, -0.15) is 0 Å². The fourth-order valence-corrected chi connectivity index (χ4v) is 1.93. The average Bonchev–Trinajstić information content (AvgIpc) is 2.63. The van der Waals surface area contributed by atoms with E-state index in [2.05, 4.69) is 10.3 Å². The van der Waals surface area contributed by atoms with Gasteiger partial charge in [-0.25, -0.2) is 4.98 Å². The van der Waals surface area contributed by atoms with Crippen molar-refractivity contribution < 1.29 is 9.47 Å². The highest BCUT2D eigenvalue weighted by atomic mass is 16.5. The predicted molar refractivity (Wildman–Crippen MR) is 74.0 cm³/mol. The lowest BCUT2D eigenvalue weighted by Gasteiger charge is -2.11. The summed E-state index contributed by atoms with van der Waals surface area (Å²) < 4.78 is 11.2. The summed E-state index contributed by atoms with van der Waals surface area (Å²) >= 11 is 0. The summed E-state index contributed by atoms with van der Waals surface area (Å²) in [5, 5.41) is 3.26. The number of ether oxygens (including phenoxy) is 2. The fraction of sp³-hybridized carbons (Fsp3) is 0.214. The van der Waals surface area contributed by atoms with Gasteiger partial charge in [-0.15, -0.1) is 0 Å². The number of hydrogen-bond donors (Lipinski definition) is 2. The number of nitrogens with zero attached hydrogens (tertiary/aromatic N) is 1. The SMILES string of the molecule is Nc1cc(Nc2ccc3c(c2)OCCCO3)ccn1. The topological polar surface area (TPSA) is 69.4 Å². The van der Waals surface area contributed by atoms with E-state index in [9.17, 15) is 0 Å². The monoisotopic (exact) mass is 257 g/mol. The molecule has 19 heavy (non-hydrogen) atoms. The quantitative estimate of drug-likeness (QED) is 0.865. The fourth-order valence-electron chi connectivity index (χ4n) is 1.93. The van der Waals surface area contributed by atoms with Crippen LogP contribution in [0.2, 0.25) is 0 Å². The first-order valence-electron chi connectivity index (χ1n) is 6.19. The molecule has 98 valence electrons. The molecule has 1 aliphatic rings. The van der Waals surface area contributed by atoms with Crippen LogP contribution in [0.5, 0.6) is 11.5 Å². The van der Waals surface area contributed by atoms with Crippen LogP contribution in [0.15, 0.2) is 36.5 Å². The predicted octanol–water partition coefficient (Wildman–Crippen LogP) is 2.57. The standard InChI is InChI=1S/C14H15N3O2/c15-14-9-11(4-5-16-14)17-10-2-3-12-13(8-10)19-7-1-6-18-12/h2-5,8-9H,1,6-7H2,(H3,15,16,17). The van der Waals surface area contributed by atoms with Gasteiger partial charge in [0.05, 0.1) is 13.2 Å². The number of nitrogens with one attached hydrogen (secondary N) is 1. The van der Waals surface area contributed by atoms with E-state index in [-0.39, 0.29) is 0 Å². The Kier molecular flexibility index (Phi) is 3.10. The van der Waals surface area contributed by atoms with Crippen LogP contribution in [-0.2, 0) is 0 Å². The molecule has 0 amide bonds. The third-order valence-corrected chi connectivity index (χ3v) is 2.82. The minimum absolute atomic E-state index is 0.486. The molecular weight excluding hydrogens is 242 g/mol. The van der Waals surface area contributed by atoms with Crippen LogP contribution in [0.1, 0.15) is 6.42 Å². The Morgan fingerprint density at radius 2 is 1.79 bits per heavy atom. The van der Waals surface area contributed by atoms with Gasteiger partial charge >= 0.3 is 0 Å². The third kappa shape index (κ3) is 2.70. The number of benzene rings is 1. The molecule has 0 spiro atoms. The van der Waals surface area contributed by atoms with Crippen molar-refractivity contribution in [2.45, 2.75) is 6.42 Å². The van der Waals surface area contributed by atoms with E-state index in [0.29, 0.717) is 19.0 Å². The van der Waals surface area contributed by atoms with E-state index >= 15 is 0 Å². The molecule has 0 radical (unpaired) electrons. The van der Waals surface area contributed by atoms with Gasteiger partial charge in [0.15, 0.2) is 11.5 Å². The lowest BCUT2D eigenvalue weighted by atomic mass is 10.2. The molecule has 0 fully saturated rings. The van der Waals surface area contributed by atoms with E-state index in [0.717, 1.165) is 29.3 Å². The summed E-state index contributed by atoms with van der Waals surface area (Å²) in [6.07, 6.45) is 2.57. The van der Waals surface area contributed by atoms with Crippen LogP contribution < -0.4 is 20.5 Å². The van der Waals surface area contributed by atoms with Crippen LogP contribution in [-0.4, -0.2) is 18.2 Å². The third-order valence-electron chi connectivity index (χ3n) is 2.82. The number of nitrogen functional groups attached to an aromatic ring is 1. The van der Waals surface area contributed by atoms with Gasteiger partial charge < -0.3 is 20.5 Å². The maximum Gasteiger partial charge on any atom is 0.163 e. The Hall–Kier alpha value is -2.43. The highest BCUT2D eigenvalue weighted by Crippen LogP contribution is 2.33. The summed E-state index contributed by atoms with van der Waals surface area (Å²) in [4.78, 5) is 3.96. The second kappa shape index (κ2) is 5.06. The van der Waals surface area contributed by atoms with Crippen molar-refractivity contribution in [1.82, 2.24) is 4.98 Å². The number of aromatic nitrogens is 1. The molecule has 3 N–H and O–H groups in total.